The quantitative estimate of drug-likeness (QED) is 0.609. The van der Waals surface area contributed by atoms with Crippen molar-refractivity contribution in [1.29, 1.82) is 0 Å². The maximum absolute atomic E-state index is 2.28. The van der Waals surface area contributed by atoms with Crippen molar-refractivity contribution >= 4 is 10.8 Å². The molecule has 1 aromatic heterocycles. The molecule has 0 spiro atoms. The van der Waals surface area contributed by atoms with Gasteiger partial charge >= 0.3 is 0 Å². The van der Waals surface area contributed by atoms with Gasteiger partial charge in [-0.2, -0.15) is 0 Å². The fourth-order valence-electron chi connectivity index (χ4n) is 2.25. The van der Waals surface area contributed by atoms with Crippen molar-refractivity contribution in [1.82, 2.24) is 4.57 Å². The van der Waals surface area contributed by atoms with Crippen molar-refractivity contribution < 1.29 is 0 Å². The summed E-state index contributed by atoms with van der Waals surface area (Å²) in [5.74, 6) is 0. The van der Waals surface area contributed by atoms with Crippen LogP contribution in [0.5, 0.6) is 0 Å². The number of rotatable bonds is 2. The Hall–Kier alpha value is -2.02. The molecule has 0 saturated heterocycles. The van der Waals surface area contributed by atoms with Gasteiger partial charge in [0.05, 0.1) is 6.04 Å². The average molecular weight is 221 g/mol. The van der Waals surface area contributed by atoms with E-state index in [-0.39, 0.29) is 0 Å². The molecule has 1 atom stereocenters. The average Bonchev–Trinajstić information content (AvgIpc) is 2.91. The van der Waals surface area contributed by atoms with Gasteiger partial charge in [0.25, 0.3) is 0 Å². The van der Waals surface area contributed by atoms with E-state index < -0.39 is 0 Å². The third-order valence-corrected chi connectivity index (χ3v) is 3.33. The highest BCUT2D eigenvalue weighted by Crippen LogP contribution is 2.22. The normalized spacial score (nSPS) is 12.8. The first-order valence-electron chi connectivity index (χ1n) is 5.96. The number of hydrogen-bond donors (Lipinski definition) is 0. The Labute approximate surface area is 101 Å². The molecule has 0 N–H and O–H groups in total. The van der Waals surface area contributed by atoms with E-state index in [2.05, 4.69) is 78.5 Å². The van der Waals surface area contributed by atoms with Crippen LogP contribution in [0.2, 0.25) is 0 Å². The molecule has 1 heterocycles. The Morgan fingerprint density at radius 3 is 2.29 bits per heavy atom. The topological polar surface area (TPSA) is 4.93 Å². The zero-order valence-corrected chi connectivity index (χ0v) is 9.88. The Kier molecular flexibility index (Phi) is 2.45. The summed E-state index contributed by atoms with van der Waals surface area (Å²) in [6.45, 7) is 2.23. The molecule has 0 aliphatic heterocycles. The SMILES string of the molecule is CC(c1ccc2ccccc2c1)n1cccc1. The van der Waals surface area contributed by atoms with E-state index in [1.807, 2.05) is 0 Å². The molecule has 3 aromatic rings. The van der Waals surface area contributed by atoms with Gasteiger partial charge in [0, 0.05) is 12.4 Å². The smallest absolute Gasteiger partial charge is 0.0552 e. The van der Waals surface area contributed by atoms with Gasteiger partial charge in [-0.25, -0.2) is 0 Å². The largest absolute Gasteiger partial charge is 0.347 e. The van der Waals surface area contributed by atoms with Crippen LogP contribution in [0.3, 0.4) is 0 Å². The van der Waals surface area contributed by atoms with E-state index >= 15 is 0 Å². The van der Waals surface area contributed by atoms with Gasteiger partial charge in [0.2, 0.25) is 0 Å². The summed E-state index contributed by atoms with van der Waals surface area (Å²) in [6.07, 6.45) is 4.22. The van der Waals surface area contributed by atoms with Crippen molar-refractivity contribution in [3.63, 3.8) is 0 Å². The number of nitrogens with zero attached hydrogens (tertiary/aromatic N) is 1. The van der Waals surface area contributed by atoms with Crippen LogP contribution in [0.1, 0.15) is 18.5 Å². The minimum Gasteiger partial charge on any atom is -0.347 e. The minimum atomic E-state index is 0.384. The zero-order valence-electron chi connectivity index (χ0n) is 9.88. The van der Waals surface area contributed by atoms with Crippen LogP contribution < -0.4 is 0 Å². The second kappa shape index (κ2) is 4.10. The molecule has 0 bridgehead atoms. The lowest BCUT2D eigenvalue weighted by atomic mass is 10.0. The van der Waals surface area contributed by atoms with Gasteiger partial charge in [-0.3, -0.25) is 0 Å². The van der Waals surface area contributed by atoms with Gasteiger partial charge in [-0.05, 0) is 41.5 Å². The van der Waals surface area contributed by atoms with E-state index in [1.54, 1.807) is 0 Å². The highest BCUT2D eigenvalue weighted by molar-refractivity contribution is 5.83. The number of hydrogen-bond acceptors (Lipinski definition) is 0. The molecule has 0 amide bonds. The van der Waals surface area contributed by atoms with E-state index in [9.17, 15) is 0 Å². The summed E-state index contributed by atoms with van der Waals surface area (Å²) < 4.78 is 2.23. The standard InChI is InChI=1S/C16H15N/c1-13(17-10-4-5-11-17)15-9-8-14-6-2-3-7-16(14)12-15/h2-13H,1H3. The number of benzene rings is 2. The Bertz CT molecular complexity index is 623. The van der Waals surface area contributed by atoms with Crippen LogP contribution in [0.15, 0.2) is 67.0 Å². The predicted molar refractivity (Wildman–Crippen MR) is 72.2 cm³/mol. The van der Waals surface area contributed by atoms with Gasteiger partial charge < -0.3 is 4.57 Å². The number of aromatic nitrogens is 1. The van der Waals surface area contributed by atoms with E-state index in [4.69, 9.17) is 0 Å². The molecule has 0 aliphatic rings. The third-order valence-electron chi connectivity index (χ3n) is 3.33. The fourth-order valence-corrected chi connectivity index (χ4v) is 2.25. The second-order valence-electron chi connectivity index (χ2n) is 4.41. The molecule has 2 aromatic carbocycles. The molecule has 1 heteroatoms. The first-order valence-corrected chi connectivity index (χ1v) is 5.96. The molecule has 0 aliphatic carbocycles. The van der Waals surface area contributed by atoms with Crippen LogP contribution in [0.25, 0.3) is 10.8 Å². The van der Waals surface area contributed by atoms with Crippen molar-refractivity contribution in [2.45, 2.75) is 13.0 Å². The molecule has 84 valence electrons. The van der Waals surface area contributed by atoms with Gasteiger partial charge in [-0.15, -0.1) is 0 Å². The van der Waals surface area contributed by atoms with Crippen LogP contribution in [0, 0.1) is 0 Å². The maximum atomic E-state index is 2.28. The Morgan fingerprint density at radius 1 is 0.824 bits per heavy atom. The lowest BCUT2D eigenvalue weighted by Gasteiger charge is -2.14. The minimum absolute atomic E-state index is 0.384. The highest BCUT2D eigenvalue weighted by atomic mass is 15.0. The van der Waals surface area contributed by atoms with Crippen LogP contribution in [-0.2, 0) is 0 Å². The van der Waals surface area contributed by atoms with Crippen LogP contribution >= 0.6 is 0 Å². The van der Waals surface area contributed by atoms with Crippen LogP contribution in [-0.4, -0.2) is 4.57 Å². The maximum Gasteiger partial charge on any atom is 0.0552 e. The molecule has 0 fully saturated rings. The molecule has 1 unspecified atom stereocenters. The second-order valence-corrected chi connectivity index (χ2v) is 4.41. The molecular formula is C16H15N. The first-order chi connectivity index (χ1) is 8.34. The number of fused-ring (bicyclic) bond motifs is 1. The Morgan fingerprint density at radius 2 is 1.53 bits per heavy atom. The summed E-state index contributed by atoms with van der Waals surface area (Å²) in [4.78, 5) is 0. The summed E-state index contributed by atoms with van der Waals surface area (Å²) in [5, 5.41) is 2.61. The summed E-state index contributed by atoms with van der Waals surface area (Å²) >= 11 is 0. The van der Waals surface area contributed by atoms with E-state index in [0.717, 1.165) is 0 Å². The summed E-state index contributed by atoms with van der Waals surface area (Å²) in [6, 6.07) is 19.7. The van der Waals surface area contributed by atoms with Crippen molar-refractivity contribution in [3.8, 4) is 0 Å². The van der Waals surface area contributed by atoms with Gasteiger partial charge in [0.1, 0.15) is 0 Å². The predicted octanol–water partition coefficient (Wildman–Crippen LogP) is 4.25. The van der Waals surface area contributed by atoms with Crippen molar-refractivity contribution in [2.24, 2.45) is 0 Å². The zero-order chi connectivity index (χ0) is 11.7. The molecule has 0 radical (unpaired) electrons. The van der Waals surface area contributed by atoms with Gasteiger partial charge in [0.15, 0.2) is 0 Å². The molecule has 3 rings (SSSR count). The summed E-state index contributed by atoms with van der Waals surface area (Å²) in [7, 11) is 0. The van der Waals surface area contributed by atoms with Gasteiger partial charge in [-0.1, -0.05) is 36.4 Å². The molecule has 1 nitrogen and oxygen atoms in total. The van der Waals surface area contributed by atoms with Crippen LogP contribution in [0.4, 0.5) is 0 Å². The Balaban J connectivity index is 2.06. The van der Waals surface area contributed by atoms with E-state index in [0.29, 0.717) is 6.04 Å². The molecule has 17 heavy (non-hydrogen) atoms. The lowest BCUT2D eigenvalue weighted by Crippen LogP contribution is -2.03. The first kappa shape index (κ1) is 10.2. The molecular weight excluding hydrogens is 206 g/mol. The summed E-state index contributed by atoms with van der Waals surface area (Å²) in [5.41, 5.74) is 1.35. The highest BCUT2D eigenvalue weighted by Gasteiger charge is 2.06. The lowest BCUT2D eigenvalue weighted by molar-refractivity contribution is 0.644. The molecule has 0 saturated carbocycles. The van der Waals surface area contributed by atoms with E-state index in [1.165, 1.54) is 16.3 Å². The fraction of sp³-hybridized carbons (Fsp3) is 0.125. The monoisotopic (exact) mass is 221 g/mol. The van der Waals surface area contributed by atoms with Crippen molar-refractivity contribution in [3.05, 3.63) is 72.6 Å². The third kappa shape index (κ3) is 1.84. The van der Waals surface area contributed by atoms with Crippen molar-refractivity contribution in [2.75, 3.05) is 0 Å².